The molecule has 6 atom stereocenters. The lowest BCUT2D eigenvalue weighted by molar-refractivity contribution is -0.149. The maximum Gasteiger partial charge on any atom is 0.306 e. The molecule has 422 valence electrons. The fourth-order valence-corrected chi connectivity index (χ4v) is 9.33. The van der Waals surface area contributed by atoms with Crippen LogP contribution in [0.25, 0.3) is 0 Å². The number of carbonyl (C=O) groups is 6. The van der Waals surface area contributed by atoms with E-state index in [0.717, 1.165) is 31.0 Å². The number of likely N-dealkylation sites (N-methyl/N-ethyl adjacent to an activating group) is 2. The monoisotopic (exact) mass is 1090 g/mol. The smallest absolute Gasteiger partial charge is 0.306 e. The number of carboxylic acid groups (broad SMARTS) is 1. The Balaban J connectivity index is 1.36. The van der Waals surface area contributed by atoms with Crippen LogP contribution in [0.5, 0.6) is 5.75 Å². The summed E-state index contributed by atoms with van der Waals surface area (Å²) < 4.78 is 17.4. The molecule has 19 heteroatoms. The molecule has 4 aromatic rings. The van der Waals surface area contributed by atoms with Crippen molar-refractivity contribution >= 4 is 52.6 Å². The second-order valence-electron chi connectivity index (χ2n) is 20.9. The average molecular weight is 1090 g/mol. The van der Waals surface area contributed by atoms with Crippen LogP contribution < -0.4 is 16.0 Å². The Kier molecular flexibility index (Phi) is 25.7. The largest absolute Gasteiger partial charge is 0.506 e. The lowest BCUT2D eigenvalue weighted by Gasteiger charge is -2.38. The number of amides is 4. The summed E-state index contributed by atoms with van der Waals surface area (Å²) in [5, 5.41) is 31.1. The van der Waals surface area contributed by atoms with Crippen LogP contribution in [-0.4, -0.2) is 143 Å². The van der Waals surface area contributed by atoms with Gasteiger partial charge in [0.05, 0.1) is 50.0 Å². The Morgan fingerprint density at radius 1 is 0.792 bits per heavy atom. The molecule has 0 bridgehead atoms. The first-order valence-corrected chi connectivity index (χ1v) is 27.4. The van der Waals surface area contributed by atoms with Crippen molar-refractivity contribution in [3.8, 4) is 5.75 Å². The number of aromatic hydroxyl groups is 1. The minimum Gasteiger partial charge on any atom is -0.506 e. The Morgan fingerprint density at radius 3 is 1.96 bits per heavy atom. The van der Waals surface area contributed by atoms with Gasteiger partial charge in [-0.2, -0.15) is 0 Å². The number of hydrogen-bond donors (Lipinski definition) is 5. The quantitative estimate of drug-likeness (QED) is 0.0175. The first kappa shape index (κ1) is 63.3. The number of rotatable bonds is 33. The molecule has 0 fully saturated rings. The number of esters is 1. The summed E-state index contributed by atoms with van der Waals surface area (Å²) in [5.41, 5.74) is 2.31. The predicted octanol–water partition coefficient (Wildman–Crippen LogP) is 7.71. The van der Waals surface area contributed by atoms with E-state index >= 15 is 0 Å². The number of phenols is 1. The molecule has 0 aliphatic rings. The van der Waals surface area contributed by atoms with Crippen LogP contribution in [-0.2, 0) is 57.7 Å². The van der Waals surface area contributed by atoms with Gasteiger partial charge in [0.2, 0.25) is 17.7 Å². The van der Waals surface area contributed by atoms with Gasteiger partial charge in [0.15, 0.2) is 6.10 Å². The molecule has 0 radical (unpaired) electrons. The Morgan fingerprint density at radius 2 is 1.40 bits per heavy atom. The molecule has 0 saturated carbocycles. The van der Waals surface area contributed by atoms with E-state index in [1.54, 1.807) is 56.9 Å². The third-order valence-corrected chi connectivity index (χ3v) is 14.9. The normalized spacial score (nSPS) is 14.1. The van der Waals surface area contributed by atoms with Crippen LogP contribution in [0.15, 0.2) is 84.2 Å². The first-order valence-electron chi connectivity index (χ1n) is 26.5. The van der Waals surface area contributed by atoms with Gasteiger partial charge >= 0.3 is 11.9 Å². The number of nitrogens with one attached hydrogen (secondary N) is 3. The van der Waals surface area contributed by atoms with Crippen molar-refractivity contribution in [1.82, 2.24) is 30.3 Å². The number of nitrogens with zero attached hydrogens (tertiary/aromatic N) is 4. The van der Waals surface area contributed by atoms with Gasteiger partial charge in [-0.3, -0.25) is 38.6 Å². The first-order chi connectivity index (χ1) is 36.5. The van der Waals surface area contributed by atoms with Crippen LogP contribution in [0, 0.1) is 17.8 Å². The Hall–Kier alpha value is -6.25. The highest BCUT2D eigenvalue weighted by Gasteiger charge is 2.39. The van der Waals surface area contributed by atoms with Crippen LogP contribution in [0.3, 0.4) is 0 Å². The predicted molar refractivity (Wildman–Crippen MR) is 298 cm³/mol. The SMILES string of the molecule is CC[C@H](C)[C@H](NC(=O)C(C)(C)N(C)C)C(=O)N(C)C(C[C@@H](OC(C)=O)c1nc(C(=O)N[C@@H](Cc2ccc(O)c(NC(=O)CCOCCOCCN(Cc3ccccc3)Cc3ccccc3)c2)CC(C)C(=O)O)cs1)C(C)C. The molecule has 2 unspecified atom stereocenters. The lowest BCUT2D eigenvalue weighted by Crippen LogP contribution is -2.60. The highest BCUT2D eigenvalue weighted by molar-refractivity contribution is 7.09. The average Bonchev–Trinajstić information content (AvgIpc) is 3.89. The van der Waals surface area contributed by atoms with Crippen molar-refractivity contribution in [2.75, 3.05) is 59.4 Å². The zero-order valence-corrected chi connectivity index (χ0v) is 47.7. The number of aromatic nitrogens is 1. The number of carbonyl (C=O) groups excluding carboxylic acids is 5. The van der Waals surface area contributed by atoms with Gasteiger partial charge in [-0.1, -0.05) is 108 Å². The number of thiazole rings is 1. The van der Waals surface area contributed by atoms with E-state index in [2.05, 4.69) is 50.1 Å². The van der Waals surface area contributed by atoms with Gasteiger partial charge in [-0.15, -0.1) is 11.3 Å². The number of benzene rings is 3. The van der Waals surface area contributed by atoms with Gasteiger partial charge in [0.1, 0.15) is 22.5 Å². The van der Waals surface area contributed by atoms with Crippen LogP contribution in [0.4, 0.5) is 5.69 Å². The summed E-state index contributed by atoms with van der Waals surface area (Å²) in [6.07, 6.45) is 0.0204. The van der Waals surface area contributed by atoms with Crippen molar-refractivity contribution in [3.63, 3.8) is 0 Å². The van der Waals surface area contributed by atoms with Crippen molar-refractivity contribution in [2.45, 2.75) is 130 Å². The maximum absolute atomic E-state index is 14.3. The molecular weight excluding hydrogens is 1000 g/mol. The molecule has 4 rings (SSSR count). The van der Waals surface area contributed by atoms with E-state index in [0.29, 0.717) is 36.8 Å². The molecule has 0 aliphatic carbocycles. The summed E-state index contributed by atoms with van der Waals surface area (Å²) in [7, 11) is 5.27. The number of hydrogen-bond acceptors (Lipinski definition) is 14. The molecule has 5 N–H and O–H groups in total. The molecular formula is C58H83N7O11S. The van der Waals surface area contributed by atoms with Gasteiger partial charge < -0.3 is 45.3 Å². The molecule has 1 aromatic heterocycles. The molecule has 0 saturated heterocycles. The number of aliphatic carboxylic acids is 1. The Bertz CT molecular complexity index is 2470. The maximum atomic E-state index is 14.3. The van der Waals surface area contributed by atoms with E-state index in [1.807, 2.05) is 64.1 Å². The second kappa shape index (κ2) is 31.2. The lowest BCUT2D eigenvalue weighted by atomic mass is 9.92. The summed E-state index contributed by atoms with van der Waals surface area (Å²) in [5.74, 6) is -4.56. The van der Waals surface area contributed by atoms with Crippen molar-refractivity contribution in [2.24, 2.45) is 17.8 Å². The van der Waals surface area contributed by atoms with Gasteiger partial charge in [-0.25, -0.2) is 4.98 Å². The number of carboxylic acids is 1. The molecule has 0 spiro atoms. The third-order valence-electron chi connectivity index (χ3n) is 14.0. The van der Waals surface area contributed by atoms with Crippen molar-refractivity contribution in [1.29, 1.82) is 0 Å². The van der Waals surface area contributed by atoms with Gasteiger partial charge in [0.25, 0.3) is 5.91 Å². The van der Waals surface area contributed by atoms with Gasteiger partial charge in [0, 0.05) is 57.5 Å². The summed E-state index contributed by atoms with van der Waals surface area (Å²) >= 11 is 1.11. The molecule has 77 heavy (non-hydrogen) atoms. The summed E-state index contributed by atoms with van der Waals surface area (Å²) in [6.45, 7) is 17.7. The van der Waals surface area contributed by atoms with E-state index in [-0.39, 0.29) is 73.1 Å². The molecule has 3 aromatic carbocycles. The van der Waals surface area contributed by atoms with E-state index in [1.165, 1.54) is 36.4 Å². The van der Waals surface area contributed by atoms with Gasteiger partial charge in [-0.05, 0) is 81.4 Å². The summed E-state index contributed by atoms with van der Waals surface area (Å²) in [6, 6.07) is 23.2. The molecule has 1 heterocycles. The minimum absolute atomic E-state index is 0.00948. The number of phenolic OH excluding ortho intramolecular Hbond substituents is 1. The van der Waals surface area contributed by atoms with E-state index in [9.17, 15) is 39.0 Å². The zero-order valence-electron chi connectivity index (χ0n) is 46.9. The molecule has 18 nitrogen and oxygen atoms in total. The van der Waals surface area contributed by atoms with Crippen molar-refractivity contribution < 1.29 is 53.2 Å². The van der Waals surface area contributed by atoms with Crippen LogP contribution >= 0.6 is 11.3 Å². The minimum atomic E-state index is -1.06. The fraction of sp³-hybridized carbons (Fsp3) is 0.534. The summed E-state index contributed by atoms with van der Waals surface area (Å²) in [4.78, 5) is 89.6. The number of ether oxygens (including phenoxy) is 3. The highest BCUT2D eigenvalue weighted by atomic mass is 32.1. The van der Waals surface area contributed by atoms with Crippen LogP contribution in [0.1, 0.15) is 119 Å². The fourth-order valence-electron chi connectivity index (χ4n) is 8.49. The highest BCUT2D eigenvalue weighted by Crippen LogP contribution is 2.32. The second-order valence-corrected chi connectivity index (χ2v) is 21.8. The molecule has 0 aliphatic heterocycles. The van der Waals surface area contributed by atoms with E-state index in [4.69, 9.17) is 14.2 Å². The molecule has 4 amide bonds. The third kappa shape index (κ3) is 20.6. The standard InChI is InChI=1S/C58H83N7O11S/c1-12-39(4)52(62-57(73)58(7,8)63(9)10)55(70)64(11)48(38(2)3)34-50(76-41(6)66)54-61-47(37-77-54)53(69)59-45(31-40(5)56(71)72)32-44-23-24-49(67)46(33-44)60-51(68)25-27-74-29-30-75-28-26-65(35-42-19-15-13-16-20-42)36-43-21-17-14-18-22-43/h13-24,33,37-40,45,48,50,52,67H,12,25-32,34-36H2,1-11H3,(H,59,69)(H,60,68)(H,62,73)(H,71,72)/t39-,40?,45+,48?,50+,52-/m0/s1. The zero-order chi connectivity index (χ0) is 56.8. The van der Waals surface area contributed by atoms with Crippen molar-refractivity contribution in [3.05, 3.63) is 112 Å². The topological polar surface area (TPSA) is 229 Å². The van der Waals surface area contributed by atoms with E-state index < -0.39 is 59.4 Å². The number of anilines is 1. The van der Waals surface area contributed by atoms with Crippen LogP contribution in [0.2, 0.25) is 0 Å². The Labute approximate surface area is 459 Å².